The van der Waals surface area contributed by atoms with Gasteiger partial charge in [0.25, 0.3) is 0 Å². The largest absolute Gasteiger partial charge is 0.632 e. The average Bonchev–Trinajstić information content (AvgIpc) is 2.99. The molecular formula is C17H27NO8. The molecule has 2 aliphatic rings. The number of aliphatic hydroxyl groups excluding tert-OH is 1. The van der Waals surface area contributed by atoms with Crippen molar-refractivity contribution in [1.82, 2.24) is 0 Å². The molecule has 1 fully saturated rings. The highest BCUT2D eigenvalue weighted by molar-refractivity contribution is 5.82. The molecule has 5 atom stereocenters. The van der Waals surface area contributed by atoms with Crippen LogP contribution < -0.4 is 0 Å². The highest BCUT2D eigenvalue weighted by atomic mass is 16.6. The number of esters is 2. The Hall–Kier alpha value is -1.52. The van der Waals surface area contributed by atoms with E-state index in [2.05, 4.69) is 0 Å². The predicted octanol–water partition coefficient (Wildman–Crippen LogP) is -0.629. The Labute approximate surface area is 152 Å². The second-order valence-electron chi connectivity index (χ2n) is 7.60. The minimum atomic E-state index is -2.53. The van der Waals surface area contributed by atoms with Crippen molar-refractivity contribution in [2.24, 2.45) is 0 Å². The molecule has 1 saturated heterocycles. The molecule has 0 aromatic carbocycles. The van der Waals surface area contributed by atoms with Gasteiger partial charge in [0.15, 0.2) is 12.1 Å². The maximum Gasteiger partial charge on any atom is 0.344 e. The molecule has 2 aliphatic heterocycles. The zero-order valence-corrected chi connectivity index (χ0v) is 15.5. The van der Waals surface area contributed by atoms with E-state index in [9.17, 15) is 30.1 Å². The third-order valence-corrected chi connectivity index (χ3v) is 5.23. The van der Waals surface area contributed by atoms with E-state index in [4.69, 9.17) is 9.47 Å². The van der Waals surface area contributed by atoms with Crippen molar-refractivity contribution in [3.63, 3.8) is 0 Å². The summed E-state index contributed by atoms with van der Waals surface area (Å²) < 4.78 is 9.77. The Bertz CT molecular complexity index is 610. The number of carbonyl (C=O) groups is 2. The molecule has 148 valence electrons. The number of hydroxylamine groups is 3. The van der Waals surface area contributed by atoms with E-state index in [-0.39, 0.29) is 19.7 Å². The Balaban J connectivity index is 2.11. The molecule has 3 N–H and O–H groups in total. The number of ether oxygens (including phenoxy) is 2. The van der Waals surface area contributed by atoms with E-state index in [1.165, 1.54) is 27.7 Å². The van der Waals surface area contributed by atoms with E-state index in [0.717, 1.165) is 0 Å². The number of quaternary nitrogens is 1. The van der Waals surface area contributed by atoms with Crippen LogP contribution in [0, 0.1) is 5.21 Å². The summed E-state index contributed by atoms with van der Waals surface area (Å²) in [4.78, 5) is 23.6. The predicted molar refractivity (Wildman–Crippen MR) is 89.3 cm³/mol. The van der Waals surface area contributed by atoms with Gasteiger partial charge in [-0.25, -0.2) is 4.79 Å². The molecule has 0 aromatic heterocycles. The third kappa shape index (κ3) is 3.49. The molecule has 2 rings (SSSR count). The summed E-state index contributed by atoms with van der Waals surface area (Å²) >= 11 is 0. The van der Waals surface area contributed by atoms with Crippen molar-refractivity contribution in [1.29, 1.82) is 0 Å². The monoisotopic (exact) mass is 373 g/mol. The number of aliphatic hydroxyl groups is 3. The molecule has 0 spiro atoms. The van der Waals surface area contributed by atoms with Crippen LogP contribution >= 0.6 is 0 Å². The number of carbonyl (C=O) groups excluding carboxylic acids is 2. The molecule has 2 heterocycles. The normalized spacial score (nSPS) is 31.6. The minimum absolute atomic E-state index is 0.182. The summed E-state index contributed by atoms with van der Waals surface area (Å²) in [7, 11) is 0. The van der Waals surface area contributed by atoms with Gasteiger partial charge >= 0.3 is 11.9 Å². The SMILES string of the molecule is CC(=O)OC1CC[N+]2([O-])CC=C(COC(=O)C(O)(C(C)O)C(C)(C)O)C12. The fraction of sp³-hybridized carbons (Fsp3) is 0.765. The van der Waals surface area contributed by atoms with Crippen molar-refractivity contribution < 1.29 is 39.0 Å². The molecular weight excluding hydrogens is 346 g/mol. The van der Waals surface area contributed by atoms with Gasteiger partial charge in [0, 0.05) is 18.9 Å². The highest BCUT2D eigenvalue weighted by Gasteiger charge is 2.55. The van der Waals surface area contributed by atoms with Crippen LogP contribution in [0.5, 0.6) is 0 Å². The van der Waals surface area contributed by atoms with Crippen molar-refractivity contribution >= 4 is 11.9 Å². The number of nitrogens with zero attached hydrogens (tertiary/aromatic N) is 1. The number of fused-ring (bicyclic) bond motifs is 1. The van der Waals surface area contributed by atoms with Gasteiger partial charge in [-0.3, -0.25) is 4.79 Å². The highest BCUT2D eigenvalue weighted by Crippen LogP contribution is 2.38. The number of rotatable bonds is 6. The lowest BCUT2D eigenvalue weighted by Gasteiger charge is -2.41. The molecule has 0 radical (unpaired) electrons. The van der Waals surface area contributed by atoms with E-state index in [0.29, 0.717) is 12.0 Å². The Morgan fingerprint density at radius 2 is 2.04 bits per heavy atom. The minimum Gasteiger partial charge on any atom is -0.632 e. The molecule has 26 heavy (non-hydrogen) atoms. The van der Waals surface area contributed by atoms with Gasteiger partial charge in [0.05, 0.1) is 19.2 Å². The third-order valence-electron chi connectivity index (χ3n) is 5.23. The summed E-state index contributed by atoms with van der Waals surface area (Å²) in [5.74, 6) is -1.68. The van der Waals surface area contributed by atoms with Gasteiger partial charge in [-0.15, -0.1) is 0 Å². The molecule has 0 amide bonds. The zero-order valence-electron chi connectivity index (χ0n) is 15.5. The maximum absolute atomic E-state index is 12.8. The molecule has 0 bridgehead atoms. The van der Waals surface area contributed by atoms with E-state index < -0.39 is 46.0 Å². The maximum atomic E-state index is 12.8. The fourth-order valence-electron chi connectivity index (χ4n) is 3.76. The average molecular weight is 373 g/mol. The molecule has 0 saturated carbocycles. The Morgan fingerprint density at radius 3 is 2.54 bits per heavy atom. The smallest absolute Gasteiger partial charge is 0.344 e. The van der Waals surface area contributed by atoms with Crippen LogP contribution in [-0.4, -0.2) is 81.1 Å². The van der Waals surface area contributed by atoms with E-state index in [1.54, 1.807) is 6.08 Å². The standard InChI is InChI=1S/C17H27NO8/c1-10(19)17(23,16(3,4)22)15(21)25-9-12-5-7-18(24)8-6-13(14(12)18)26-11(2)20/h5,10,13-14,19,22-23H,6-9H2,1-4H3. The molecule has 9 heteroatoms. The fourth-order valence-corrected chi connectivity index (χ4v) is 3.76. The van der Waals surface area contributed by atoms with Crippen LogP contribution in [0.1, 0.15) is 34.1 Å². The second kappa shape index (κ2) is 6.90. The lowest BCUT2D eigenvalue weighted by molar-refractivity contribution is -0.877. The zero-order chi connectivity index (χ0) is 19.9. The van der Waals surface area contributed by atoms with Crippen molar-refractivity contribution in [2.45, 2.75) is 63.6 Å². The lowest BCUT2D eigenvalue weighted by Crippen LogP contribution is -2.63. The Kier molecular flexibility index (Phi) is 5.51. The number of hydrogen-bond donors (Lipinski definition) is 3. The van der Waals surface area contributed by atoms with Crippen LogP contribution in [0.2, 0.25) is 0 Å². The molecule has 0 aromatic rings. The first-order chi connectivity index (χ1) is 11.8. The second-order valence-corrected chi connectivity index (χ2v) is 7.60. The van der Waals surface area contributed by atoms with Crippen LogP contribution in [0.3, 0.4) is 0 Å². The van der Waals surface area contributed by atoms with E-state index in [1.807, 2.05) is 0 Å². The van der Waals surface area contributed by atoms with Crippen LogP contribution in [0.15, 0.2) is 11.6 Å². The molecule has 0 aliphatic carbocycles. The summed E-state index contributed by atoms with van der Waals surface area (Å²) in [5, 5.41) is 43.1. The van der Waals surface area contributed by atoms with Crippen molar-refractivity contribution in [3.05, 3.63) is 16.9 Å². The topological polar surface area (TPSA) is 136 Å². The summed E-state index contributed by atoms with van der Waals surface area (Å²) in [6.45, 7) is 4.98. The molecule has 5 unspecified atom stereocenters. The van der Waals surface area contributed by atoms with Gasteiger partial charge in [-0.1, -0.05) is 0 Å². The Morgan fingerprint density at radius 1 is 1.42 bits per heavy atom. The van der Waals surface area contributed by atoms with Gasteiger partial charge in [-0.05, 0) is 26.8 Å². The summed E-state index contributed by atoms with van der Waals surface area (Å²) in [6, 6.07) is -0.659. The lowest BCUT2D eigenvalue weighted by atomic mass is 9.81. The van der Waals surface area contributed by atoms with Gasteiger partial charge in [-0.2, -0.15) is 0 Å². The van der Waals surface area contributed by atoms with Crippen LogP contribution in [-0.2, 0) is 19.1 Å². The van der Waals surface area contributed by atoms with Crippen molar-refractivity contribution in [3.8, 4) is 0 Å². The van der Waals surface area contributed by atoms with Gasteiger partial charge in [0.1, 0.15) is 12.2 Å². The van der Waals surface area contributed by atoms with Crippen LogP contribution in [0.4, 0.5) is 0 Å². The van der Waals surface area contributed by atoms with Crippen LogP contribution in [0.25, 0.3) is 0 Å². The molecule has 9 nitrogen and oxygen atoms in total. The number of hydrogen-bond acceptors (Lipinski definition) is 8. The summed E-state index contributed by atoms with van der Waals surface area (Å²) in [5.41, 5.74) is -3.98. The van der Waals surface area contributed by atoms with Crippen molar-refractivity contribution in [2.75, 3.05) is 19.7 Å². The van der Waals surface area contributed by atoms with Gasteiger partial charge in [0.2, 0.25) is 5.60 Å². The quantitative estimate of drug-likeness (QED) is 0.242. The van der Waals surface area contributed by atoms with E-state index >= 15 is 0 Å². The first-order valence-electron chi connectivity index (χ1n) is 8.57. The summed E-state index contributed by atoms with van der Waals surface area (Å²) in [6.07, 6.45) is -0.114. The van der Waals surface area contributed by atoms with Gasteiger partial charge < -0.3 is 34.6 Å². The first kappa shape index (κ1) is 20.8. The first-order valence-corrected chi connectivity index (χ1v) is 8.57.